The fourth-order valence-corrected chi connectivity index (χ4v) is 1.52. The molecule has 0 aliphatic heterocycles. The molecule has 3 nitrogen and oxygen atoms in total. The average Bonchev–Trinajstić information content (AvgIpc) is 2.65. The SMILES string of the molecule is Cc1oc(-c2ccc(F)c(F)c2)nc1CCO. The number of aromatic nitrogens is 1. The summed E-state index contributed by atoms with van der Waals surface area (Å²) in [5.41, 5.74) is 0.989. The Morgan fingerprint density at radius 2 is 2.06 bits per heavy atom. The van der Waals surface area contributed by atoms with E-state index in [9.17, 15) is 8.78 Å². The number of hydrogen-bond donors (Lipinski definition) is 1. The highest BCUT2D eigenvalue weighted by Crippen LogP contribution is 2.23. The van der Waals surface area contributed by atoms with Crippen molar-refractivity contribution in [2.45, 2.75) is 13.3 Å². The summed E-state index contributed by atoms with van der Waals surface area (Å²) in [7, 11) is 0. The van der Waals surface area contributed by atoms with Gasteiger partial charge in [-0.15, -0.1) is 0 Å². The number of hydrogen-bond acceptors (Lipinski definition) is 3. The van der Waals surface area contributed by atoms with Crippen LogP contribution in [-0.4, -0.2) is 16.7 Å². The van der Waals surface area contributed by atoms with Crippen molar-refractivity contribution in [2.75, 3.05) is 6.61 Å². The third kappa shape index (κ3) is 2.34. The highest BCUT2D eigenvalue weighted by Gasteiger charge is 2.12. The van der Waals surface area contributed by atoms with E-state index in [0.717, 1.165) is 12.1 Å². The first kappa shape index (κ1) is 11.7. The number of rotatable bonds is 3. The molecular formula is C12H11F2NO2. The monoisotopic (exact) mass is 239 g/mol. The Bertz CT molecular complexity index is 537. The zero-order valence-corrected chi connectivity index (χ0v) is 9.20. The van der Waals surface area contributed by atoms with E-state index in [1.165, 1.54) is 6.07 Å². The van der Waals surface area contributed by atoms with Crippen molar-refractivity contribution < 1.29 is 18.3 Å². The summed E-state index contributed by atoms with van der Waals surface area (Å²) in [6, 6.07) is 3.45. The summed E-state index contributed by atoms with van der Waals surface area (Å²) >= 11 is 0. The number of oxazole rings is 1. The minimum atomic E-state index is -0.943. The van der Waals surface area contributed by atoms with Gasteiger partial charge in [-0.05, 0) is 25.1 Å². The molecule has 0 atom stereocenters. The highest BCUT2D eigenvalue weighted by molar-refractivity contribution is 5.53. The van der Waals surface area contributed by atoms with Crippen LogP contribution >= 0.6 is 0 Å². The number of aliphatic hydroxyl groups excluding tert-OH is 1. The second-order valence-corrected chi connectivity index (χ2v) is 3.62. The van der Waals surface area contributed by atoms with E-state index in [0.29, 0.717) is 23.4 Å². The third-order valence-electron chi connectivity index (χ3n) is 2.41. The Hall–Kier alpha value is -1.75. The van der Waals surface area contributed by atoms with Gasteiger partial charge in [-0.1, -0.05) is 0 Å². The standard InChI is InChI=1S/C12H11F2NO2/c1-7-11(4-5-16)15-12(17-7)8-2-3-9(13)10(14)6-8/h2-3,6,16H,4-5H2,1H3. The van der Waals surface area contributed by atoms with Crippen LogP contribution in [0.15, 0.2) is 22.6 Å². The van der Waals surface area contributed by atoms with Crippen molar-refractivity contribution in [3.63, 3.8) is 0 Å². The number of aliphatic hydroxyl groups is 1. The molecule has 90 valence electrons. The van der Waals surface area contributed by atoms with Gasteiger partial charge in [0.25, 0.3) is 0 Å². The largest absolute Gasteiger partial charge is 0.441 e. The van der Waals surface area contributed by atoms with Crippen molar-refractivity contribution in [1.29, 1.82) is 0 Å². The van der Waals surface area contributed by atoms with Crippen LogP contribution in [0.4, 0.5) is 8.78 Å². The molecule has 17 heavy (non-hydrogen) atoms. The first-order valence-corrected chi connectivity index (χ1v) is 5.14. The summed E-state index contributed by atoms with van der Waals surface area (Å²) in [5.74, 6) is -1.06. The molecule has 0 amide bonds. The van der Waals surface area contributed by atoms with Crippen LogP contribution in [0.2, 0.25) is 0 Å². The van der Waals surface area contributed by atoms with E-state index in [1.54, 1.807) is 6.92 Å². The Morgan fingerprint density at radius 3 is 2.71 bits per heavy atom. The molecule has 1 aromatic carbocycles. The van der Waals surface area contributed by atoms with Gasteiger partial charge < -0.3 is 9.52 Å². The normalized spacial score (nSPS) is 10.8. The van der Waals surface area contributed by atoms with Crippen molar-refractivity contribution in [3.05, 3.63) is 41.3 Å². The molecule has 0 bridgehead atoms. The van der Waals surface area contributed by atoms with Crippen LogP contribution in [0, 0.1) is 18.6 Å². The summed E-state index contributed by atoms with van der Waals surface area (Å²) in [5, 5.41) is 8.81. The molecule has 0 aliphatic rings. The average molecular weight is 239 g/mol. The van der Waals surface area contributed by atoms with E-state index >= 15 is 0 Å². The molecule has 1 aromatic heterocycles. The van der Waals surface area contributed by atoms with Crippen LogP contribution in [0.5, 0.6) is 0 Å². The van der Waals surface area contributed by atoms with Gasteiger partial charge in [0.1, 0.15) is 5.76 Å². The van der Waals surface area contributed by atoms with Gasteiger partial charge in [-0.2, -0.15) is 0 Å². The topological polar surface area (TPSA) is 46.3 Å². The number of benzene rings is 1. The molecule has 0 radical (unpaired) electrons. The predicted octanol–water partition coefficient (Wildman–Crippen LogP) is 2.46. The molecule has 0 unspecified atom stereocenters. The summed E-state index contributed by atoms with van der Waals surface area (Å²) in [6.45, 7) is 1.67. The fourth-order valence-electron chi connectivity index (χ4n) is 1.52. The van der Waals surface area contributed by atoms with Gasteiger partial charge in [0.15, 0.2) is 11.6 Å². The zero-order chi connectivity index (χ0) is 12.4. The summed E-state index contributed by atoms with van der Waals surface area (Å²) < 4.78 is 31.1. The Morgan fingerprint density at radius 1 is 1.29 bits per heavy atom. The Balaban J connectivity index is 2.39. The molecule has 0 spiro atoms. The lowest BCUT2D eigenvalue weighted by Gasteiger charge is -1.96. The molecular weight excluding hydrogens is 228 g/mol. The number of halogens is 2. The van der Waals surface area contributed by atoms with Gasteiger partial charge in [0.05, 0.1) is 5.69 Å². The van der Waals surface area contributed by atoms with Gasteiger partial charge in [0, 0.05) is 18.6 Å². The van der Waals surface area contributed by atoms with Crippen molar-refractivity contribution in [2.24, 2.45) is 0 Å². The van der Waals surface area contributed by atoms with Crippen molar-refractivity contribution in [3.8, 4) is 11.5 Å². The minimum absolute atomic E-state index is 0.0371. The predicted molar refractivity (Wildman–Crippen MR) is 57.4 cm³/mol. The van der Waals surface area contributed by atoms with Crippen LogP contribution in [-0.2, 0) is 6.42 Å². The lowest BCUT2D eigenvalue weighted by Crippen LogP contribution is -1.92. The lowest BCUT2D eigenvalue weighted by molar-refractivity contribution is 0.297. The highest BCUT2D eigenvalue weighted by atomic mass is 19.2. The van der Waals surface area contributed by atoms with Gasteiger partial charge in [-0.25, -0.2) is 13.8 Å². The number of aryl methyl sites for hydroxylation is 1. The van der Waals surface area contributed by atoms with Crippen LogP contribution in [0.1, 0.15) is 11.5 Å². The second-order valence-electron chi connectivity index (χ2n) is 3.62. The molecule has 2 rings (SSSR count). The molecule has 1 heterocycles. The first-order valence-electron chi connectivity index (χ1n) is 5.14. The van der Waals surface area contributed by atoms with Crippen LogP contribution < -0.4 is 0 Å². The Kier molecular flexibility index (Phi) is 3.19. The first-order chi connectivity index (χ1) is 8.11. The third-order valence-corrected chi connectivity index (χ3v) is 2.41. The maximum atomic E-state index is 13.0. The zero-order valence-electron chi connectivity index (χ0n) is 9.20. The van der Waals surface area contributed by atoms with Crippen LogP contribution in [0.25, 0.3) is 11.5 Å². The Labute approximate surface area is 96.7 Å². The molecule has 0 aliphatic carbocycles. The van der Waals surface area contributed by atoms with E-state index < -0.39 is 11.6 Å². The maximum absolute atomic E-state index is 13.0. The second kappa shape index (κ2) is 4.63. The van der Waals surface area contributed by atoms with Crippen molar-refractivity contribution in [1.82, 2.24) is 4.98 Å². The maximum Gasteiger partial charge on any atom is 0.226 e. The minimum Gasteiger partial charge on any atom is -0.441 e. The lowest BCUT2D eigenvalue weighted by atomic mass is 10.2. The molecule has 0 fully saturated rings. The van der Waals surface area contributed by atoms with E-state index in [-0.39, 0.29) is 12.5 Å². The molecule has 0 saturated heterocycles. The van der Waals surface area contributed by atoms with E-state index in [2.05, 4.69) is 4.98 Å². The van der Waals surface area contributed by atoms with E-state index in [1.807, 2.05) is 0 Å². The summed E-state index contributed by atoms with van der Waals surface area (Å²) in [6.07, 6.45) is 0.374. The quantitative estimate of drug-likeness (QED) is 0.894. The fraction of sp³-hybridized carbons (Fsp3) is 0.250. The van der Waals surface area contributed by atoms with Gasteiger partial charge in [-0.3, -0.25) is 0 Å². The van der Waals surface area contributed by atoms with Gasteiger partial charge >= 0.3 is 0 Å². The summed E-state index contributed by atoms with van der Waals surface area (Å²) in [4.78, 5) is 4.12. The van der Waals surface area contributed by atoms with Crippen LogP contribution in [0.3, 0.4) is 0 Å². The number of nitrogens with zero attached hydrogens (tertiary/aromatic N) is 1. The smallest absolute Gasteiger partial charge is 0.226 e. The molecule has 1 N–H and O–H groups in total. The van der Waals surface area contributed by atoms with Crippen molar-refractivity contribution >= 4 is 0 Å². The molecule has 5 heteroatoms. The molecule has 2 aromatic rings. The molecule has 0 saturated carbocycles. The van der Waals surface area contributed by atoms with E-state index in [4.69, 9.17) is 9.52 Å². The van der Waals surface area contributed by atoms with Gasteiger partial charge in [0.2, 0.25) is 5.89 Å².